The highest BCUT2D eigenvalue weighted by Crippen LogP contribution is 2.01. The van der Waals surface area contributed by atoms with Crippen LogP contribution in [-0.2, 0) is 16.0 Å². The molecule has 0 radical (unpaired) electrons. The molecule has 0 amide bonds. The van der Waals surface area contributed by atoms with Crippen LogP contribution in [0.15, 0.2) is 6.20 Å². The molecule has 1 aromatic rings. The Morgan fingerprint density at radius 3 is 2.60 bits per heavy atom. The molecule has 0 saturated carbocycles. The fourth-order valence-corrected chi connectivity index (χ4v) is 1.43. The van der Waals surface area contributed by atoms with E-state index in [9.17, 15) is 0 Å². The van der Waals surface area contributed by atoms with Crippen LogP contribution in [0, 0.1) is 6.92 Å². The number of aromatic amines is 1. The topological polar surface area (TPSA) is 59.2 Å². The Bertz CT molecular complexity index is 284. The van der Waals surface area contributed by atoms with E-state index in [4.69, 9.17) is 9.47 Å². The molecule has 0 bridgehead atoms. The molecule has 5 nitrogen and oxygen atoms in total. The average molecular weight is 213 g/mol. The second-order valence-electron chi connectivity index (χ2n) is 3.50. The summed E-state index contributed by atoms with van der Waals surface area (Å²) < 4.78 is 10.3. The maximum absolute atomic E-state index is 5.14. The number of aromatic nitrogens is 2. The maximum atomic E-state index is 5.14. The van der Waals surface area contributed by atoms with Gasteiger partial charge in [-0.3, -0.25) is 0 Å². The van der Waals surface area contributed by atoms with Crippen LogP contribution in [0.1, 0.15) is 18.4 Å². The van der Waals surface area contributed by atoms with Crippen molar-refractivity contribution in [3.63, 3.8) is 0 Å². The second kappa shape index (κ2) is 5.85. The molecule has 0 aliphatic heterocycles. The summed E-state index contributed by atoms with van der Waals surface area (Å²) >= 11 is 0. The molecule has 1 aromatic heterocycles. The van der Waals surface area contributed by atoms with Gasteiger partial charge in [-0.2, -0.15) is 0 Å². The van der Waals surface area contributed by atoms with Gasteiger partial charge >= 0.3 is 0 Å². The molecule has 1 atom stereocenters. The first-order valence-corrected chi connectivity index (χ1v) is 4.96. The van der Waals surface area contributed by atoms with Crippen molar-refractivity contribution in [2.75, 3.05) is 14.2 Å². The third kappa shape index (κ3) is 3.62. The number of aryl methyl sites for hydroxylation is 1. The van der Waals surface area contributed by atoms with Gasteiger partial charge in [0.05, 0.1) is 6.04 Å². The molecular weight excluding hydrogens is 194 g/mol. The van der Waals surface area contributed by atoms with Crippen molar-refractivity contribution in [2.45, 2.75) is 32.7 Å². The van der Waals surface area contributed by atoms with Crippen molar-refractivity contribution in [2.24, 2.45) is 0 Å². The summed E-state index contributed by atoms with van der Waals surface area (Å²) in [5.41, 5.74) is 1.06. The van der Waals surface area contributed by atoms with Crippen LogP contribution in [0.3, 0.4) is 0 Å². The summed E-state index contributed by atoms with van der Waals surface area (Å²) in [7, 11) is 3.26. The van der Waals surface area contributed by atoms with Gasteiger partial charge in [-0.05, 0) is 13.8 Å². The molecule has 86 valence electrons. The van der Waals surface area contributed by atoms with Crippen molar-refractivity contribution < 1.29 is 9.47 Å². The van der Waals surface area contributed by atoms with Gasteiger partial charge in [-0.1, -0.05) is 0 Å². The van der Waals surface area contributed by atoms with Crippen molar-refractivity contribution in [1.29, 1.82) is 0 Å². The second-order valence-corrected chi connectivity index (χ2v) is 3.50. The number of rotatable bonds is 6. The Morgan fingerprint density at radius 1 is 1.47 bits per heavy atom. The van der Waals surface area contributed by atoms with E-state index in [-0.39, 0.29) is 12.3 Å². The Balaban J connectivity index is 2.36. The number of hydrogen-bond donors (Lipinski definition) is 2. The predicted octanol–water partition coefficient (Wildman–Crippen LogP) is 0.815. The van der Waals surface area contributed by atoms with E-state index in [0.29, 0.717) is 0 Å². The molecule has 1 heterocycles. The fraction of sp³-hybridized carbons (Fsp3) is 0.700. The number of imidazole rings is 1. The molecule has 0 saturated heterocycles. The quantitative estimate of drug-likeness (QED) is 0.687. The molecule has 1 unspecified atom stereocenters. The molecule has 0 aliphatic rings. The van der Waals surface area contributed by atoms with E-state index in [1.165, 1.54) is 0 Å². The van der Waals surface area contributed by atoms with Crippen LogP contribution in [-0.4, -0.2) is 36.5 Å². The lowest BCUT2D eigenvalue weighted by atomic mass is 10.3. The zero-order valence-corrected chi connectivity index (χ0v) is 9.70. The highest BCUT2D eigenvalue weighted by atomic mass is 16.7. The van der Waals surface area contributed by atoms with E-state index in [2.05, 4.69) is 15.3 Å². The van der Waals surface area contributed by atoms with Gasteiger partial charge in [-0.15, -0.1) is 0 Å². The molecule has 5 heteroatoms. The number of nitrogens with one attached hydrogen (secondary N) is 2. The monoisotopic (exact) mass is 213 g/mol. The molecule has 0 aliphatic carbocycles. The minimum absolute atomic E-state index is 0.128. The molecule has 0 aromatic carbocycles. The number of methoxy groups -OCH3 is 2. The third-order valence-corrected chi connectivity index (χ3v) is 2.24. The van der Waals surface area contributed by atoms with E-state index in [0.717, 1.165) is 18.1 Å². The highest BCUT2D eigenvalue weighted by Gasteiger charge is 2.14. The van der Waals surface area contributed by atoms with Crippen LogP contribution >= 0.6 is 0 Å². The fourth-order valence-electron chi connectivity index (χ4n) is 1.43. The zero-order valence-electron chi connectivity index (χ0n) is 9.70. The lowest BCUT2D eigenvalue weighted by Gasteiger charge is -2.21. The van der Waals surface area contributed by atoms with E-state index >= 15 is 0 Å². The highest BCUT2D eigenvalue weighted by molar-refractivity contribution is 4.99. The molecule has 15 heavy (non-hydrogen) atoms. The van der Waals surface area contributed by atoms with Gasteiger partial charge in [0, 0.05) is 32.7 Å². The predicted molar refractivity (Wildman–Crippen MR) is 57.4 cm³/mol. The van der Waals surface area contributed by atoms with Gasteiger partial charge in [0.15, 0.2) is 6.29 Å². The van der Waals surface area contributed by atoms with Gasteiger partial charge in [0.1, 0.15) is 5.82 Å². The number of nitrogens with zero attached hydrogens (tertiary/aromatic N) is 1. The Morgan fingerprint density at radius 2 is 2.13 bits per heavy atom. The zero-order chi connectivity index (χ0) is 11.3. The van der Waals surface area contributed by atoms with Crippen molar-refractivity contribution in [3.8, 4) is 0 Å². The molecule has 2 N–H and O–H groups in total. The number of H-pyrrole nitrogens is 1. The number of hydrogen-bond acceptors (Lipinski definition) is 4. The summed E-state index contributed by atoms with van der Waals surface area (Å²) in [6.45, 7) is 4.67. The lowest BCUT2D eigenvalue weighted by Crippen LogP contribution is -2.39. The smallest absolute Gasteiger partial charge is 0.171 e. The SMILES string of the molecule is COC(OC)C(C)NCc1cnc(C)[nH]1. The molecule has 1 rings (SSSR count). The van der Waals surface area contributed by atoms with Crippen LogP contribution in [0.4, 0.5) is 0 Å². The molecular formula is C10H19N3O2. The Labute approximate surface area is 90.2 Å². The van der Waals surface area contributed by atoms with Crippen LogP contribution in [0.5, 0.6) is 0 Å². The maximum Gasteiger partial charge on any atom is 0.171 e. The Kier molecular flexibility index (Phi) is 4.74. The van der Waals surface area contributed by atoms with Crippen molar-refractivity contribution in [3.05, 3.63) is 17.7 Å². The molecule has 0 spiro atoms. The normalized spacial score (nSPS) is 13.4. The summed E-state index contributed by atoms with van der Waals surface area (Å²) in [6.07, 6.45) is 1.60. The van der Waals surface area contributed by atoms with E-state index in [1.54, 1.807) is 14.2 Å². The largest absolute Gasteiger partial charge is 0.354 e. The van der Waals surface area contributed by atoms with E-state index < -0.39 is 0 Å². The van der Waals surface area contributed by atoms with Gasteiger partial charge < -0.3 is 19.8 Å². The first-order valence-electron chi connectivity index (χ1n) is 4.96. The first kappa shape index (κ1) is 12.2. The summed E-state index contributed by atoms with van der Waals surface area (Å²) in [4.78, 5) is 7.27. The summed E-state index contributed by atoms with van der Waals surface area (Å²) in [5.74, 6) is 0.925. The van der Waals surface area contributed by atoms with Gasteiger partial charge in [0.2, 0.25) is 0 Å². The summed E-state index contributed by atoms with van der Waals surface area (Å²) in [6, 6.07) is 0.128. The van der Waals surface area contributed by atoms with Gasteiger partial charge in [0.25, 0.3) is 0 Å². The van der Waals surface area contributed by atoms with Crippen molar-refractivity contribution in [1.82, 2.24) is 15.3 Å². The average Bonchev–Trinajstić information content (AvgIpc) is 2.63. The third-order valence-electron chi connectivity index (χ3n) is 2.24. The molecule has 0 fully saturated rings. The summed E-state index contributed by atoms with van der Waals surface area (Å²) in [5, 5.41) is 3.29. The lowest BCUT2D eigenvalue weighted by molar-refractivity contribution is -0.119. The van der Waals surface area contributed by atoms with Crippen LogP contribution in [0.2, 0.25) is 0 Å². The Hall–Kier alpha value is -0.910. The standard InChI is InChI=1S/C10H19N3O2/c1-7(10(14-3)15-4)11-5-9-6-12-8(2)13-9/h6-7,10-11H,5H2,1-4H3,(H,12,13). The van der Waals surface area contributed by atoms with Crippen LogP contribution < -0.4 is 5.32 Å². The minimum Gasteiger partial charge on any atom is -0.354 e. The number of ether oxygens (including phenoxy) is 2. The van der Waals surface area contributed by atoms with E-state index in [1.807, 2.05) is 20.0 Å². The van der Waals surface area contributed by atoms with Gasteiger partial charge in [-0.25, -0.2) is 4.98 Å². The van der Waals surface area contributed by atoms with Crippen molar-refractivity contribution >= 4 is 0 Å². The first-order chi connectivity index (χ1) is 7.17. The minimum atomic E-state index is -0.228. The van der Waals surface area contributed by atoms with Crippen LogP contribution in [0.25, 0.3) is 0 Å².